The molecule has 15 nitrogen and oxygen atoms in total. The predicted octanol–water partition coefficient (Wildman–Crippen LogP) is 8.21. The van der Waals surface area contributed by atoms with Crippen LogP contribution in [0, 0.1) is 34.8 Å². The first kappa shape index (κ1) is 57.3. The van der Waals surface area contributed by atoms with Crippen molar-refractivity contribution in [1.82, 2.24) is 29.9 Å². The number of aliphatic hydroxyl groups is 1. The van der Waals surface area contributed by atoms with Crippen LogP contribution in [-0.4, -0.2) is 95.1 Å². The van der Waals surface area contributed by atoms with E-state index in [1.807, 2.05) is 0 Å². The molecule has 402 valence electrons. The van der Waals surface area contributed by atoms with Crippen molar-refractivity contribution in [2.24, 2.45) is 11.3 Å². The van der Waals surface area contributed by atoms with Crippen molar-refractivity contribution in [3.05, 3.63) is 93.0 Å². The fraction of sp³-hybridized carbons (Fsp3) is 0.457. The van der Waals surface area contributed by atoms with Crippen LogP contribution in [0.4, 0.5) is 49.7 Å². The highest BCUT2D eigenvalue weighted by Crippen LogP contribution is 2.55. The number of esters is 1. The number of aromatic nitrogens is 5. The molecular weight excluding hydrogens is 1070 g/mol. The summed E-state index contributed by atoms with van der Waals surface area (Å²) in [5.74, 6) is -7.55. The Morgan fingerprint density at radius 1 is 0.932 bits per heavy atom. The van der Waals surface area contributed by atoms with Gasteiger partial charge in [-0.05, 0) is 81.8 Å². The SMILES string of the molecule is C[C@@H]1c2c(C(F)(F)F)nn(CC(=O)N[C@@H](Cc3cc(F)cc(F)c3)c3nc(C#CC(C)(C)S(C)(=O)=O)ccc3-c3ccc(Cl)c4c(N(COC(=O)C(C)(C)CO)S(C)(=O)=O)nn(CC(F)(F)F)c34)c2C(F)(F)[C@@H]1C. The summed E-state index contributed by atoms with van der Waals surface area (Å²) in [6.07, 6.45) is -9.63. The van der Waals surface area contributed by atoms with Crippen LogP contribution in [0.15, 0.2) is 42.5 Å². The van der Waals surface area contributed by atoms with Gasteiger partial charge in [0.05, 0.1) is 45.9 Å². The van der Waals surface area contributed by atoms with E-state index in [-0.39, 0.29) is 27.1 Å². The number of nitrogens with one attached hydrogen (secondary N) is 1. The van der Waals surface area contributed by atoms with Crippen LogP contribution >= 0.6 is 11.6 Å². The van der Waals surface area contributed by atoms with Crippen LogP contribution in [-0.2, 0) is 65.8 Å². The van der Waals surface area contributed by atoms with Gasteiger partial charge in [-0.2, -0.15) is 45.3 Å². The van der Waals surface area contributed by atoms with Gasteiger partial charge in [0, 0.05) is 34.9 Å². The Hall–Kier alpha value is -5.98. The number of pyridine rings is 1. The average Bonchev–Trinajstić information content (AvgIpc) is 3.87. The second-order valence-corrected chi connectivity index (χ2v) is 23.7. The number of benzene rings is 2. The first-order valence-corrected chi connectivity index (χ1v) is 26.0. The third-order valence-corrected chi connectivity index (χ3v) is 15.7. The highest BCUT2D eigenvalue weighted by Gasteiger charge is 2.57. The summed E-state index contributed by atoms with van der Waals surface area (Å²) in [6.45, 7) is 1.83. The smallest absolute Gasteiger partial charge is 0.435 e. The molecule has 1 aliphatic carbocycles. The molecule has 3 aromatic heterocycles. The largest absolute Gasteiger partial charge is 0.443 e. The number of hydrogen-bond acceptors (Lipinski definition) is 11. The molecule has 0 unspecified atom stereocenters. The molecule has 0 radical (unpaired) electrons. The Bertz CT molecular complexity index is 3330. The van der Waals surface area contributed by atoms with E-state index in [0.29, 0.717) is 21.3 Å². The highest BCUT2D eigenvalue weighted by molar-refractivity contribution is 7.92. The van der Waals surface area contributed by atoms with Crippen molar-refractivity contribution in [3.8, 4) is 23.0 Å². The average molecular weight is 1110 g/mol. The highest BCUT2D eigenvalue weighted by atomic mass is 35.5. The van der Waals surface area contributed by atoms with E-state index >= 15 is 8.78 Å². The molecule has 2 aromatic carbocycles. The summed E-state index contributed by atoms with van der Waals surface area (Å²) in [7, 11) is -8.58. The zero-order valence-electron chi connectivity index (χ0n) is 40.3. The van der Waals surface area contributed by atoms with Gasteiger partial charge in [-0.1, -0.05) is 37.4 Å². The molecule has 0 spiro atoms. The fourth-order valence-electron chi connectivity index (χ4n) is 7.89. The van der Waals surface area contributed by atoms with Crippen molar-refractivity contribution in [3.63, 3.8) is 0 Å². The molecule has 2 N–H and O–H groups in total. The first-order valence-electron chi connectivity index (χ1n) is 21.8. The maximum atomic E-state index is 15.8. The zero-order chi connectivity index (χ0) is 55.6. The molecule has 0 fully saturated rings. The van der Waals surface area contributed by atoms with Crippen molar-refractivity contribution >= 4 is 60.1 Å². The Morgan fingerprint density at radius 3 is 2.09 bits per heavy atom. The van der Waals surface area contributed by atoms with Gasteiger partial charge in [0.2, 0.25) is 15.9 Å². The number of fused-ring (bicyclic) bond motifs is 2. The quantitative estimate of drug-likeness (QED) is 0.0444. The number of carbonyl (C=O) groups excluding carboxylic acids is 2. The number of rotatable bonds is 15. The van der Waals surface area contributed by atoms with E-state index in [1.54, 1.807) is 0 Å². The predicted molar refractivity (Wildman–Crippen MR) is 249 cm³/mol. The monoisotopic (exact) mass is 1110 g/mol. The summed E-state index contributed by atoms with van der Waals surface area (Å²) in [5.41, 5.74) is -7.61. The maximum absolute atomic E-state index is 15.8. The second kappa shape index (κ2) is 19.9. The lowest BCUT2D eigenvalue weighted by molar-refractivity contribution is -0.155. The van der Waals surface area contributed by atoms with Gasteiger partial charge in [-0.3, -0.25) is 19.0 Å². The number of nitrogens with zero attached hydrogens (tertiary/aromatic N) is 6. The van der Waals surface area contributed by atoms with Crippen molar-refractivity contribution in [2.75, 3.05) is 30.2 Å². The minimum absolute atomic E-state index is 0.172. The molecular formula is C46H46ClF10N7O8S2. The number of hydrogen-bond donors (Lipinski definition) is 2. The van der Waals surface area contributed by atoms with Gasteiger partial charge in [0.15, 0.2) is 28.1 Å². The van der Waals surface area contributed by atoms with Crippen LogP contribution < -0.4 is 9.62 Å². The summed E-state index contributed by atoms with van der Waals surface area (Å²) in [6, 6.07) is 4.80. The summed E-state index contributed by atoms with van der Waals surface area (Å²) in [4.78, 5) is 31.7. The molecule has 5 aromatic rings. The molecule has 28 heteroatoms. The van der Waals surface area contributed by atoms with Gasteiger partial charge in [-0.15, -0.1) is 0 Å². The molecule has 3 heterocycles. The third-order valence-electron chi connectivity index (χ3n) is 12.4. The lowest BCUT2D eigenvalue weighted by Crippen LogP contribution is -2.38. The number of ether oxygens (including phenoxy) is 1. The molecule has 0 aliphatic heterocycles. The molecule has 3 atom stereocenters. The molecule has 0 saturated heterocycles. The van der Waals surface area contributed by atoms with Crippen LogP contribution in [0.1, 0.15) is 87.4 Å². The summed E-state index contributed by atoms with van der Waals surface area (Å²) < 4.78 is 204. The first-order chi connectivity index (χ1) is 33.8. The molecule has 0 bridgehead atoms. The molecule has 1 amide bonds. The number of halogens is 11. The normalized spacial score (nSPS) is 16.6. The van der Waals surface area contributed by atoms with E-state index in [1.165, 1.54) is 27.7 Å². The van der Waals surface area contributed by atoms with Crippen molar-refractivity contribution in [1.29, 1.82) is 0 Å². The number of sulfonamides is 1. The van der Waals surface area contributed by atoms with Gasteiger partial charge in [0.1, 0.15) is 40.9 Å². The Labute approximate surface area is 422 Å². The Balaban J connectivity index is 1.65. The van der Waals surface area contributed by atoms with Gasteiger partial charge in [0.25, 0.3) is 5.92 Å². The minimum atomic E-state index is -5.27. The third kappa shape index (κ3) is 11.8. The lowest BCUT2D eigenvalue weighted by Gasteiger charge is -2.24. The standard InChI is InChI=1S/C46H46ClF10N7O8S2/c1-23-24(2)45(53,54)39-34(23)38(46(55,56)57)60-62(39)19-33(66)59-32(17-25-15-26(48)18-27(49)16-25)36-29(10-9-28(58-36)13-14-43(5,6)73(7,68)69)30-11-12-31(47)35-37(30)63(20-44(50,51)52)61-40(35)64(74(8,70)71)22-72-41(67)42(3,4)21-65/h9-12,15-16,18,23-24,32,65H,17,19-22H2,1-8H3,(H,59,66)/t23-,24+,32-/m0/s1. The number of alkyl halides is 8. The number of anilines is 1. The maximum Gasteiger partial charge on any atom is 0.435 e. The van der Waals surface area contributed by atoms with Gasteiger partial charge >= 0.3 is 18.3 Å². The van der Waals surface area contributed by atoms with Crippen LogP contribution in [0.3, 0.4) is 0 Å². The van der Waals surface area contributed by atoms with Crippen molar-refractivity contribution in [2.45, 2.75) is 96.0 Å². The molecule has 1 aliphatic rings. The van der Waals surface area contributed by atoms with Crippen LogP contribution in [0.5, 0.6) is 0 Å². The van der Waals surface area contributed by atoms with Gasteiger partial charge in [-0.25, -0.2) is 34.9 Å². The molecule has 74 heavy (non-hydrogen) atoms. The van der Waals surface area contributed by atoms with E-state index in [4.69, 9.17) is 16.3 Å². The number of aliphatic hydroxyl groups excluding tert-OH is 1. The van der Waals surface area contributed by atoms with Gasteiger partial charge < -0.3 is 15.2 Å². The zero-order valence-corrected chi connectivity index (χ0v) is 42.7. The Kier molecular flexibility index (Phi) is 15.4. The topological polar surface area (TPSA) is 196 Å². The van der Waals surface area contributed by atoms with Crippen LogP contribution in [0.2, 0.25) is 5.02 Å². The molecule has 6 rings (SSSR count). The van der Waals surface area contributed by atoms with Crippen LogP contribution in [0.25, 0.3) is 22.0 Å². The van der Waals surface area contributed by atoms with Crippen molar-refractivity contribution < 1.29 is 80.2 Å². The summed E-state index contributed by atoms with van der Waals surface area (Å²) in [5, 5.41) is 18.5. The number of carbonyl (C=O) groups is 2. The Morgan fingerprint density at radius 2 is 1.54 bits per heavy atom. The van der Waals surface area contributed by atoms with E-state index in [0.717, 1.165) is 56.5 Å². The summed E-state index contributed by atoms with van der Waals surface area (Å²) >= 11 is 6.66. The van der Waals surface area contributed by atoms with E-state index < -0.39 is 167 Å². The fourth-order valence-corrected chi connectivity index (χ4v) is 9.05. The number of amides is 1. The molecule has 0 saturated carbocycles. The number of sulfone groups is 1. The second-order valence-electron chi connectivity index (χ2n) is 18.9. The minimum Gasteiger partial charge on any atom is -0.443 e. The lowest BCUT2D eigenvalue weighted by atomic mass is 9.93. The van der Waals surface area contributed by atoms with E-state index in [2.05, 4.69) is 32.3 Å². The van der Waals surface area contributed by atoms with E-state index in [9.17, 15) is 66.7 Å².